The first-order valence-corrected chi connectivity index (χ1v) is 26.7. The van der Waals surface area contributed by atoms with Gasteiger partial charge in [0, 0.05) is 14.7 Å². The summed E-state index contributed by atoms with van der Waals surface area (Å²) in [7, 11) is -7.24. The molecule has 3 aromatic rings. The molecule has 0 saturated heterocycles. The molecule has 0 spiro atoms. The molecule has 35 heavy (non-hydrogen) atoms. The van der Waals surface area contributed by atoms with E-state index < -0.39 is 32.3 Å². The minimum Gasteiger partial charge on any atom is -0.144 e. The van der Waals surface area contributed by atoms with Crippen LogP contribution in [0.3, 0.4) is 0 Å². The number of rotatable bonds is 6. The van der Waals surface area contributed by atoms with Crippen molar-refractivity contribution in [2.45, 2.75) is 80.2 Å². The van der Waals surface area contributed by atoms with Crippen LogP contribution in [0.15, 0.2) is 69.3 Å². The molecule has 0 N–H and O–H groups in total. The third-order valence-electron chi connectivity index (χ3n) is 7.15. The summed E-state index contributed by atoms with van der Waals surface area (Å²) in [6, 6.07) is 20.7. The molecule has 3 rings (SSSR count). The fourth-order valence-electron chi connectivity index (χ4n) is 5.09. The van der Waals surface area contributed by atoms with Gasteiger partial charge in [0.2, 0.25) is 0 Å². The molecule has 188 valence electrons. The zero-order valence-electron chi connectivity index (χ0n) is 23.0. The molecule has 3 aromatic carbocycles. The Hall–Kier alpha value is -0.422. The third kappa shape index (κ3) is 5.56. The minimum atomic E-state index is -2.50. The summed E-state index contributed by atoms with van der Waals surface area (Å²) in [6.45, 7) is 24.2. The lowest BCUT2D eigenvalue weighted by atomic mass is 10.3. The topological polar surface area (TPSA) is 0 Å². The van der Waals surface area contributed by atoms with Gasteiger partial charge in [-0.1, -0.05) is 120 Å². The summed E-state index contributed by atoms with van der Waals surface area (Å²) in [5.41, 5.74) is 0. The quantitative estimate of drug-likeness (QED) is 0.195. The fraction of sp³-hybridized carbons (Fsp3) is 0.357. The van der Waals surface area contributed by atoms with E-state index in [1.807, 2.05) is 0 Å². The zero-order valence-corrected chi connectivity index (χ0v) is 29.7. The lowest BCUT2D eigenvalue weighted by Crippen LogP contribution is -2.68. The van der Waals surface area contributed by atoms with Gasteiger partial charge in [-0.05, 0) is 31.1 Å². The van der Waals surface area contributed by atoms with Gasteiger partial charge in [0.1, 0.15) is 8.07 Å². The first-order valence-electron chi connectivity index (χ1n) is 12.4. The van der Waals surface area contributed by atoms with E-state index in [4.69, 9.17) is 37.9 Å². The Morgan fingerprint density at radius 1 is 0.371 bits per heavy atom. The molecule has 0 fully saturated rings. The van der Waals surface area contributed by atoms with Crippen molar-refractivity contribution in [3.8, 4) is 0 Å². The molecule has 0 heterocycles. The van der Waals surface area contributed by atoms with E-state index in [0.717, 1.165) is 0 Å². The van der Waals surface area contributed by atoms with Crippen LogP contribution in [-0.4, -0.2) is 32.3 Å². The first kappa shape index (κ1) is 29.1. The van der Waals surface area contributed by atoms with Crippen LogP contribution in [0.25, 0.3) is 0 Å². The normalized spacial score (nSPS) is 13.3. The van der Waals surface area contributed by atoms with Gasteiger partial charge in [-0.15, -0.1) is 37.9 Å². The van der Waals surface area contributed by atoms with Gasteiger partial charge in [0.25, 0.3) is 0 Å². The molecular formula is C28H42S3Si4. The van der Waals surface area contributed by atoms with E-state index in [2.05, 4.69) is 120 Å². The second-order valence-corrected chi connectivity index (χ2v) is 33.3. The smallest absolute Gasteiger partial charge is 0.144 e. The van der Waals surface area contributed by atoms with Gasteiger partial charge in [-0.25, -0.2) is 0 Å². The van der Waals surface area contributed by atoms with Gasteiger partial charge in [0.05, 0.1) is 24.2 Å². The molecule has 0 amide bonds. The van der Waals surface area contributed by atoms with Crippen LogP contribution in [0.1, 0.15) is 0 Å². The highest BCUT2D eigenvalue weighted by atomic mass is 32.1. The zero-order chi connectivity index (χ0) is 26.6. The first-order chi connectivity index (χ1) is 15.9. The highest BCUT2D eigenvalue weighted by Crippen LogP contribution is 2.21. The van der Waals surface area contributed by atoms with Crippen LogP contribution in [0.2, 0.25) is 65.5 Å². The predicted molar refractivity (Wildman–Crippen MR) is 181 cm³/mol. The van der Waals surface area contributed by atoms with Gasteiger partial charge in [-0.3, -0.25) is 0 Å². The van der Waals surface area contributed by atoms with Crippen LogP contribution in [0, 0.1) is 0 Å². The van der Waals surface area contributed by atoms with Gasteiger partial charge in [-0.2, -0.15) is 0 Å². The number of hydrogen-bond donors (Lipinski definition) is 3. The van der Waals surface area contributed by atoms with Crippen molar-refractivity contribution in [3.05, 3.63) is 54.6 Å². The van der Waals surface area contributed by atoms with Crippen molar-refractivity contribution in [2.24, 2.45) is 0 Å². The van der Waals surface area contributed by atoms with E-state index in [0.29, 0.717) is 0 Å². The maximum absolute atomic E-state index is 5.27. The van der Waals surface area contributed by atoms with Crippen molar-refractivity contribution in [2.75, 3.05) is 0 Å². The molecule has 0 unspecified atom stereocenters. The van der Waals surface area contributed by atoms with Crippen molar-refractivity contribution in [1.82, 2.24) is 0 Å². The van der Waals surface area contributed by atoms with Gasteiger partial charge < -0.3 is 0 Å². The minimum absolute atomic E-state index is 1.18. The third-order valence-corrected chi connectivity index (χ3v) is 20.4. The maximum atomic E-state index is 5.27. The second kappa shape index (κ2) is 10.0. The summed E-state index contributed by atoms with van der Waals surface area (Å²) >= 11 is 15.8. The van der Waals surface area contributed by atoms with E-state index in [9.17, 15) is 0 Å². The SMILES string of the molecule is C[Si](C)(C)c1cccc([Si](C)(c2cccc([Si](C)(C)C)c2S)c2cccc([Si](C)(C)C)c2S)c1S. The summed E-state index contributed by atoms with van der Waals surface area (Å²) in [6.07, 6.45) is 0. The Kier molecular flexibility index (Phi) is 8.36. The summed E-state index contributed by atoms with van der Waals surface area (Å²) < 4.78 is 0. The number of thiol groups is 3. The Bertz CT molecular complexity index is 1090. The van der Waals surface area contributed by atoms with Crippen molar-refractivity contribution in [1.29, 1.82) is 0 Å². The molecule has 0 radical (unpaired) electrons. The van der Waals surface area contributed by atoms with Gasteiger partial charge in [0.15, 0.2) is 0 Å². The standard InChI is InChI=1S/C28H42S3Si4/c1-32(2,3)20-14-11-17-23(26(20)29)35(10,24-18-12-15-21(27(24)30)33(4,5)6)25-19-13-16-22(28(25)31)34(7,8)9/h11-19,29-31H,1-10H3. The molecule has 0 bridgehead atoms. The largest absolute Gasteiger partial charge is 0.149 e. The molecule has 0 aliphatic rings. The van der Waals surface area contributed by atoms with Crippen molar-refractivity contribution < 1.29 is 0 Å². The fourth-order valence-corrected chi connectivity index (χ4v) is 19.3. The van der Waals surface area contributed by atoms with E-state index >= 15 is 0 Å². The van der Waals surface area contributed by atoms with Crippen molar-refractivity contribution >= 4 is 101 Å². The molecular weight excluding hydrogens is 545 g/mol. The monoisotopic (exact) mass is 586 g/mol. The molecule has 0 atom stereocenters. The van der Waals surface area contributed by atoms with E-state index in [-0.39, 0.29) is 0 Å². The molecule has 0 aliphatic heterocycles. The van der Waals surface area contributed by atoms with E-state index in [1.165, 1.54) is 45.8 Å². The number of hydrogen-bond acceptors (Lipinski definition) is 3. The number of benzene rings is 3. The Balaban J connectivity index is 2.52. The van der Waals surface area contributed by atoms with Gasteiger partial charge >= 0.3 is 0 Å². The summed E-state index contributed by atoms with van der Waals surface area (Å²) in [5.74, 6) is 0. The Morgan fingerprint density at radius 2 is 0.571 bits per heavy atom. The van der Waals surface area contributed by atoms with Crippen LogP contribution < -0.4 is 31.1 Å². The second-order valence-electron chi connectivity index (χ2n) is 13.0. The van der Waals surface area contributed by atoms with E-state index in [1.54, 1.807) is 0 Å². The average Bonchev–Trinajstić information content (AvgIpc) is 2.71. The van der Waals surface area contributed by atoms with Crippen LogP contribution in [0.5, 0.6) is 0 Å². The molecule has 0 aliphatic carbocycles. The summed E-state index contributed by atoms with van der Waals surface area (Å²) in [4.78, 5) is 3.54. The molecule has 0 saturated carbocycles. The van der Waals surface area contributed by atoms with Crippen LogP contribution in [0.4, 0.5) is 0 Å². The van der Waals surface area contributed by atoms with Crippen molar-refractivity contribution in [3.63, 3.8) is 0 Å². The van der Waals surface area contributed by atoms with Crippen LogP contribution >= 0.6 is 37.9 Å². The Morgan fingerprint density at radius 3 is 0.771 bits per heavy atom. The molecule has 7 heteroatoms. The lowest BCUT2D eigenvalue weighted by Gasteiger charge is -2.37. The highest BCUT2D eigenvalue weighted by molar-refractivity contribution is 7.81. The summed E-state index contributed by atoms with van der Waals surface area (Å²) in [5, 5.41) is 8.44. The highest BCUT2D eigenvalue weighted by Gasteiger charge is 2.41. The Labute approximate surface area is 234 Å². The molecule has 0 nitrogen and oxygen atoms in total. The maximum Gasteiger partial charge on any atom is 0.149 e. The van der Waals surface area contributed by atoms with Crippen LogP contribution in [-0.2, 0) is 0 Å². The average molecular weight is 587 g/mol. The lowest BCUT2D eigenvalue weighted by molar-refractivity contribution is 1.47. The molecule has 0 aromatic heterocycles. The predicted octanol–water partition coefficient (Wildman–Crippen LogP) is 5.29.